The van der Waals surface area contributed by atoms with Gasteiger partial charge in [0.25, 0.3) is 5.91 Å². The maximum atomic E-state index is 11.6. The lowest BCUT2D eigenvalue weighted by atomic mass is 10.0. The second-order valence-electron chi connectivity index (χ2n) is 4.38. The summed E-state index contributed by atoms with van der Waals surface area (Å²) in [4.78, 5) is 26.0. The third-order valence-corrected chi connectivity index (χ3v) is 3.85. The third kappa shape index (κ3) is 2.06. The Morgan fingerprint density at radius 3 is 2.75 bits per heavy atom. The van der Waals surface area contributed by atoms with Crippen LogP contribution in [0.1, 0.15) is 6.92 Å². The summed E-state index contributed by atoms with van der Waals surface area (Å²) in [5.41, 5.74) is 0. The minimum Gasteiger partial charge on any atom is -0.337 e. The highest BCUT2D eigenvalue weighted by Gasteiger charge is 2.42. The Bertz CT molecular complexity index is 322. The molecule has 0 saturated carbocycles. The number of alkyl halides is 2. The van der Waals surface area contributed by atoms with Crippen molar-refractivity contribution >= 4 is 34.9 Å². The fourth-order valence-electron chi connectivity index (χ4n) is 2.42. The molecule has 2 rings (SSSR count). The number of nitrogens with zero attached hydrogens (tertiary/aromatic N) is 2. The van der Waals surface area contributed by atoms with Crippen LogP contribution < -0.4 is 0 Å². The molecule has 1 amide bonds. The van der Waals surface area contributed by atoms with Crippen LogP contribution in [-0.2, 0) is 9.59 Å². The van der Waals surface area contributed by atoms with E-state index in [0.717, 1.165) is 6.54 Å². The molecule has 2 saturated heterocycles. The number of hydrogen-bond acceptors (Lipinski definition) is 3. The molecule has 0 N–H and O–H groups in total. The molecule has 16 heavy (non-hydrogen) atoms. The first-order chi connectivity index (χ1) is 7.50. The quantitative estimate of drug-likeness (QED) is 0.649. The van der Waals surface area contributed by atoms with Gasteiger partial charge in [0.1, 0.15) is 0 Å². The van der Waals surface area contributed by atoms with Crippen LogP contribution in [0.25, 0.3) is 0 Å². The molecule has 0 spiro atoms. The van der Waals surface area contributed by atoms with Crippen molar-refractivity contribution in [3.63, 3.8) is 0 Å². The van der Waals surface area contributed by atoms with E-state index in [1.807, 2.05) is 6.92 Å². The second kappa shape index (κ2) is 4.51. The lowest BCUT2D eigenvalue weighted by molar-refractivity contribution is -0.132. The molecule has 2 aliphatic rings. The van der Waals surface area contributed by atoms with E-state index in [2.05, 4.69) is 4.90 Å². The molecule has 0 aromatic carbocycles. The van der Waals surface area contributed by atoms with Crippen molar-refractivity contribution in [1.82, 2.24) is 9.80 Å². The van der Waals surface area contributed by atoms with Crippen molar-refractivity contribution in [3.05, 3.63) is 0 Å². The van der Waals surface area contributed by atoms with Crippen LogP contribution in [0.3, 0.4) is 0 Å². The van der Waals surface area contributed by atoms with Gasteiger partial charge in [-0.2, -0.15) is 0 Å². The van der Waals surface area contributed by atoms with Crippen LogP contribution in [0.4, 0.5) is 0 Å². The summed E-state index contributed by atoms with van der Waals surface area (Å²) in [5.74, 6) is 0.00169. The summed E-state index contributed by atoms with van der Waals surface area (Å²) in [6, 6.07) is 0.136. The molecule has 90 valence electrons. The van der Waals surface area contributed by atoms with E-state index in [9.17, 15) is 9.59 Å². The smallest absolute Gasteiger partial charge is 0.255 e. The zero-order valence-electron chi connectivity index (χ0n) is 9.03. The number of rotatable bonds is 1. The second-order valence-corrected chi connectivity index (χ2v) is 5.47. The SMILES string of the molecule is CC1C(=O)CN2CCN(C(=O)C(Cl)Cl)CC12. The van der Waals surface area contributed by atoms with E-state index >= 15 is 0 Å². The number of hydrogen-bond donors (Lipinski definition) is 0. The largest absolute Gasteiger partial charge is 0.337 e. The third-order valence-electron chi connectivity index (χ3n) is 3.48. The van der Waals surface area contributed by atoms with Crippen LogP contribution in [0, 0.1) is 5.92 Å². The molecule has 0 aromatic heterocycles. The van der Waals surface area contributed by atoms with Gasteiger partial charge in [-0.1, -0.05) is 30.1 Å². The highest BCUT2D eigenvalue weighted by atomic mass is 35.5. The van der Waals surface area contributed by atoms with E-state index in [-0.39, 0.29) is 23.7 Å². The first kappa shape index (κ1) is 12.1. The maximum Gasteiger partial charge on any atom is 0.255 e. The van der Waals surface area contributed by atoms with Crippen molar-refractivity contribution in [2.75, 3.05) is 26.2 Å². The molecular formula is C10H14Cl2N2O2. The van der Waals surface area contributed by atoms with Gasteiger partial charge in [-0.25, -0.2) is 0 Å². The summed E-state index contributed by atoms with van der Waals surface area (Å²) in [5, 5.41) is 0. The number of carbonyl (C=O) groups is 2. The van der Waals surface area contributed by atoms with Gasteiger partial charge in [0.2, 0.25) is 0 Å². The molecule has 0 bridgehead atoms. The van der Waals surface area contributed by atoms with E-state index in [1.54, 1.807) is 4.90 Å². The fourth-order valence-corrected chi connectivity index (χ4v) is 2.69. The first-order valence-corrected chi connectivity index (χ1v) is 6.21. The van der Waals surface area contributed by atoms with Gasteiger partial charge in [0.15, 0.2) is 10.6 Å². The highest BCUT2D eigenvalue weighted by Crippen LogP contribution is 2.25. The number of amides is 1. The van der Waals surface area contributed by atoms with Gasteiger partial charge in [-0.05, 0) is 0 Å². The lowest BCUT2D eigenvalue weighted by Crippen LogP contribution is -2.54. The summed E-state index contributed by atoms with van der Waals surface area (Å²) in [7, 11) is 0. The molecule has 2 atom stereocenters. The minimum absolute atomic E-state index is 0.000277. The molecule has 0 radical (unpaired) electrons. The van der Waals surface area contributed by atoms with Gasteiger partial charge in [-0.15, -0.1) is 0 Å². The first-order valence-electron chi connectivity index (χ1n) is 5.34. The Balaban J connectivity index is 2.04. The molecule has 2 unspecified atom stereocenters. The Kier molecular flexibility index (Phi) is 3.42. The maximum absolute atomic E-state index is 11.6. The number of fused-ring (bicyclic) bond motifs is 1. The number of Topliss-reactive ketones (excluding diaryl/α,β-unsaturated/α-hetero) is 1. The lowest BCUT2D eigenvalue weighted by Gasteiger charge is -2.38. The molecule has 2 fully saturated rings. The van der Waals surface area contributed by atoms with Crippen LogP contribution in [0.2, 0.25) is 0 Å². The Morgan fingerprint density at radius 1 is 1.44 bits per heavy atom. The summed E-state index contributed by atoms with van der Waals surface area (Å²) < 4.78 is 0. The van der Waals surface area contributed by atoms with E-state index in [1.165, 1.54) is 0 Å². The van der Waals surface area contributed by atoms with Gasteiger partial charge in [0.05, 0.1) is 6.54 Å². The average molecular weight is 265 g/mol. The van der Waals surface area contributed by atoms with Gasteiger partial charge in [0, 0.05) is 31.6 Å². The van der Waals surface area contributed by atoms with E-state index in [4.69, 9.17) is 23.2 Å². The molecule has 0 aliphatic carbocycles. The van der Waals surface area contributed by atoms with Crippen molar-refractivity contribution in [2.24, 2.45) is 5.92 Å². The predicted octanol–water partition coefficient (Wildman–Crippen LogP) is 0.522. The molecule has 4 nitrogen and oxygen atoms in total. The minimum atomic E-state index is -1.00. The van der Waals surface area contributed by atoms with Gasteiger partial charge < -0.3 is 4.90 Å². The topological polar surface area (TPSA) is 40.6 Å². The van der Waals surface area contributed by atoms with Crippen LogP contribution in [0.5, 0.6) is 0 Å². The predicted molar refractivity (Wildman–Crippen MR) is 61.6 cm³/mol. The zero-order valence-corrected chi connectivity index (χ0v) is 10.5. The molecule has 6 heteroatoms. The normalized spacial score (nSPS) is 31.0. The molecule has 2 heterocycles. The van der Waals surface area contributed by atoms with Crippen molar-refractivity contribution in [3.8, 4) is 0 Å². The molecule has 0 aromatic rings. The molecule has 2 aliphatic heterocycles. The number of ketones is 1. The van der Waals surface area contributed by atoms with Crippen molar-refractivity contribution in [2.45, 2.75) is 17.8 Å². The van der Waals surface area contributed by atoms with Crippen LogP contribution in [-0.4, -0.2) is 58.5 Å². The van der Waals surface area contributed by atoms with Crippen LogP contribution >= 0.6 is 23.2 Å². The number of piperazine rings is 1. The van der Waals surface area contributed by atoms with Crippen molar-refractivity contribution in [1.29, 1.82) is 0 Å². The standard InChI is InChI=1S/C10H14Cl2N2O2/c1-6-7-4-14(10(16)9(11)12)3-2-13(7)5-8(6)15/h6-7,9H,2-5H2,1H3. The highest BCUT2D eigenvalue weighted by molar-refractivity contribution is 6.53. The Morgan fingerprint density at radius 2 is 2.12 bits per heavy atom. The fraction of sp³-hybridized carbons (Fsp3) is 0.800. The van der Waals surface area contributed by atoms with E-state index < -0.39 is 4.84 Å². The van der Waals surface area contributed by atoms with E-state index in [0.29, 0.717) is 19.6 Å². The summed E-state index contributed by atoms with van der Waals surface area (Å²) >= 11 is 11.1. The van der Waals surface area contributed by atoms with Gasteiger partial charge in [-0.3, -0.25) is 14.5 Å². The molecular weight excluding hydrogens is 251 g/mol. The Hall–Kier alpha value is -0.320. The van der Waals surface area contributed by atoms with Gasteiger partial charge >= 0.3 is 0 Å². The number of halogens is 2. The Labute approximate surface area is 104 Å². The van der Waals surface area contributed by atoms with Crippen molar-refractivity contribution < 1.29 is 9.59 Å². The average Bonchev–Trinajstić information content (AvgIpc) is 2.53. The zero-order chi connectivity index (χ0) is 11.9. The summed E-state index contributed by atoms with van der Waals surface area (Å²) in [6.07, 6.45) is 0. The summed E-state index contributed by atoms with van der Waals surface area (Å²) in [6.45, 7) is 4.32. The number of carbonyl (C=O) groups excluding carboxylic acids is 2. The monoisotopic (exact) mass is 264 g/mol. The van der Waals surface area contributed by atoms with Crippen LogP contribution in [0.15, 0.2) is 0 Å².